The van der Waals surface area contributed by atoms with Crippen molar-refractivity contribution in [3.05, 3.63) is 84.6 Å². The van der Waals surface area contributed by atoms with Crippen LogP contribution in [0.4, 0.5) is 8.78 Å². The molecule has 1 heterocycles. The molecule has 0 N–H and O–H groups in total. The first kappa shape index (κ1) is 13.8. The normalized spacial score (nSPS) is 10.8. The van der Waals surface area contributed by atoms with Gasteiger partial charge in [-0.2, -0.15) is 0 Å². The summed E-state index contributed by atoms with van der Waals surface area (Å²) in [7, 11) is -1.07. The lowest BCUT2D eigenvalue weighted by Gasteiger charge is -2.18. The van der Waals surface area contributed by atoms with Crippen LogP contribution in [0.1, 0.15) is 0 Å². The fourth-order valence-corrected chi connectivity index (χ4v) is 4.35. The highest BCUT2D eigenvalue weighted by Gasteiger charge is 2.18. The van der Waals surface area contributed by atoms with Crippen molar-refractivity contribution in [2.75, 3.05) is 0 Å². The van der Waals surface area contributed by atoms with Crippen molar-refractivity contribution in [2.24, 2.45) is 0 Å². The molecule has 1 aromatic heterocycles. The third-order valence-corrected chi connectivity index (χ3v) is 5.32. The van der Waals surface area contributed by atoms with Crippen LogP contribution in [0, 0.1) is 11.6 Å². The molecule has 0 aliphatic rings. The van der Waals surface area contributed by atoms with Crippen LogP contribution in [-0.4, -0.2) is 4.98 Å². The molecule has 0 amide bonds. The molecule has 104 valence electrons. The largest absolute Gasteiger partial charge is 0.256 e. The molecule has 3 aromatic rings. The van der Waals surface area contributed by atoms with Crippen LogP contribution < -0.4 is 16.0 Å². The standard InChI is InChI=1S/C17H12F2NP/c18-13-5-3-7-15(11-13)21(17-9-1-2-10-20-17)16-8-4-6-14(19)12-16/h1-12H. The van der Waals surface area contributed by atoms with Crippen LogP contribution >= 0.6 is 7.92 Å². The summed E-state index contributed by atoms with van der Waals surface area (Å²) in [5, 5.41) is 1.63. The van der Waals surface area contributed by atoms with E-state index in [-0.39, 0.29) is 11.6 Å². The molecule has 1 nitrogen and oxygen atoms in total. The molecule has 0 saturated heterocycles. The predicted molar refractivity (Wildman–Crippen MR) is 82.9 cm³/mol. The Morgan fingerprint density at radius 3 is 1.81 bits per heavy atom. The van der Waals surface area contributed by atoms with Crippen molar-refractivity contribution in [1.29, 1.82) is 0 Å². The fraction of sp³-hybridized carbons (Fsp3) is 0. The highest BCUT2D eigenvalue weighted by Crippen LogP contribution is 2.31. The Bertz CT molecular complexity index is 701. The molecule has 0 aliphatic heterocycles. The number of aromatic nitrogens is 1. The van der Waals surface area contributed by atoms with E-state index in [0.29, 0.717) is 0 Å². The van der Waals surface area contributed by atoms with E-state index in [0.717, 1.165) is 16.0 Å². The maximum absolute atomic E-state index is 13.6. The molecule has 0 spiro atoms. The fourth-order valence-electron chi connectivity index (χ4n) is 2.13. The van der Waals surface area contributed by atoms with Crippen molar-refractivity contribution in [2.45, 2.75) is 0 Å². The number of hydrogen-bond acceptors (Lipinski definition) is 1. The Hall–Kier alpha value is -2.12. The summed E-state index contributed by atoms with van der Waals surface area (Å²) in [6.07, 6.45) is 1.70. The molecular weight excluding hydrogens is 287 g/mol. The van der Waals surface area contributed by atoms with E-state index < -0.39 is 7.92 Å². The summed E-state index contributed by atoms with van der Waals surface area (Å²) < 4.78 is 27.1. The first-order valence-electron chi connectivity index (χ1n) is 6.46. The SMILES string of the molecule is Fc1cccc(P(c2cccc(F)c2)c2ccccn2)c1. The second-order valence-electron chi connectivity index (χ2n) is 4.48. The van der Waals surface area contributed by atoms with E-state index in [1.54, 1.807) is 18.3 Å². The second kappa shape index (κ2) is 6.11. The van der Waals surface area contributed by atoms with Crippen LogP contribution in [0.3, 0.4) is 0 Å². The van der Waals surface area contributed by atoms with Crippen LogP contribution in [0.15, 0.2) is 72.9 Å². The Morgan fingerprint density at radius 2 is 1.33 bits per heavy atom. The third kappa shape index (κ3) is 3.14. The van der Waals surface area contributed by atoms with Crippen LogP contribution in [-0.2, 0) is 0 Å². The average molecular weight is 299 g/mol. The minimum Gasteiger partial charge on any atom is -0.256 e. The van der Waals surface area contributed by atoms with Gasteiger partial charge in [-0.05, 0) is 47.0 Å². The van der Waals surface area contributed by atoms with E-state index >= 15 is 0 Å². The van der Waals surface area contributed by atoms with Gasteiger partial charge in [0.2, 0.25) is 0 Å². The topological polar surface area (TPSA) is 12.9 Å². The van der Waals surface area contributed by atoms with Crippen LogP contribution in [0.5, 0.6) is 0 Å². The van der Waals surface area contributed by atoms with Gasteiger partial charge in [0.25, 0.3) is 0 Å². The third-order valence-electron chi connectivity index (χ3n) is 3.01. The average Bonchev–Trinajstić information content (AvgIpc) is 2.49. The van der Waals surface area contributed by atoms with E-state index in [1.165, 1.54) is 24.3 Å². The molecule has 3 rings (SSSR count). The monoisotopic (exact) mass is 299 g/mol. The lowest BCUT2D eigenvalue weighted by molar-refractivity contribution is 0.629. The molecule has 2 aromatic carbocycles. The van der Waals surface area contributed by atoms with E-state index in [1.807, 2.05) is 30.3 Å². The highest BCUT2D eigenvalue weighted by atomic mass is 31.1. The maximum Gasteiger partial charge on any atom is 0.123 e. The minimum absolute atomic E-state index is 0.299. The number of benzene rings is 2. The minimum atomic E-state index is -1.07. The maximum atomic E-state index is 13.6. The Labute approximate surface area is 123 Å². The molecule has 0 radical (unpaired) electrons. The summed E-state index contributed by atoms with van der Waals surface area (Å²) in [4.78, 5) is 4.38. The van der Waals surface area contributed by atoms with Crippen LogP contribution in [0.25, 0.3) is 0 Å². The Balaban J connectivity index is 2.16. The lowest BCUT2D eigenvalue weighted by Crippen LogP contribution is -2.23. The van der Waals surface area contributed by atoms with Crippen molar-refractivity contribution in [3.63, 3.8) is 0 Å². The zero-order chi connectivity index (χ0) is 14.7. The van der Waals surface area contributed by atoms with Gasteiger partial charge in [-0.1, -0.05) is 30.3 Å². The van der Waals surface area contributed by atoms with E-state index in [2.05, 4.69) is 4.98 Å². The second-order valence-corrected chi connectivity index (χ2v) is 6.64. The summed E-state index contributed by atoms with van der Waals surface area (Å²) in [5.41, 5.74) is 0.823. The molecule has 4 heteroatoms. The highest BCUT2D eigenvalue weighted by molar-refractivity contribution is 7.79. The van der Waals surface area contributed by atoms with Crippen LogP contribution in [0.2, 0.25) is 0 Å². The van der Waals surface area contributed by atoms with Gasteiger partial charge < -0.3 is 0 Å². The number of hydrogen-bond donors (Lipinski definition) is 0. The zero-order valence-corrected chi connectivity index (χ0v) is 12.0. The smallest absolute Gasteiger partial charge is 0.123 e. The molecule has 0 atom stereocenters. The molecule has 0 aliphatic carbocycles. The number of pyridine rings is 1. The molecular formula is C17H12F2NP. The number of rotatable bonds is 3. The number of halogens is 2. The molecule has 0 fully saturated rings. The van der Waals surface area contributed by atoms with Gasteiger partial charge >= 0.3 is 0 Å². The van der Waals surface area contributed by atoms with Gasteiger partial charge in [0, 0.05) is 14.1 Å². The lowest BCUT2D eigenvalue weighted by atomic mass is 10.3. The molecule has 21 heavy (non-hydrogen) atoms. The van der Waals surface area contributed by atoms with E-state index in [4.69, 9.17) is 0 Å². The van der Waals surface area contributed by atoms with Gasteiger partial charge in [0.15, 0.2) is 0 Å². The Kier molecular flexibility index (Phi) is 4.03. The first-order valence-corrected chi connectivity index (χ1v) is 7.80. The molecule has 0 bridgehead atoms. The van der Waals surface area contributed by atoms with Crippen molar-refractivity contribution < 1.29 is 8.78 Å². The first-order chi connectivity index (χ1) is 10.2. The van der Waals surface area contributed by atoms with Crippen molar-refractivity contribution >= 4 is 24.0 Å². The quantitative estimate of drug-likeness (QED) is 0.677. The van der Waals surface area contributed by atoms with Crippen molar-refractivity contribution in [1.82, 2.24) is 4.98 Å². The van der Waals surface area contributed by atoms with Gasteiger partial charge in [-0.25, -0.2) is 8.78 Å². The Morgan fingerprint density at radius 1 is 0.714 bits per heavy atom. The zero-order valence-electron chi connectivity index (χ0n) is 11.1. The summed E-state index contributed by atoms with van der Waals surface area (Å²) in [6, 6.07) is 18.4. The van der Waals surface area contributed by atoms with Gasteiger partial charge in [0.1, 0.15) is 11.6 Å². The van der Waals surface area contributed by atoms with Gasteiger partial charge in [-0.15, -0.1) is 0 Å². The molecule has 0 saturated carbocycles. The molecule has 0 unspecified atom stereocenters. The number of nitrogens with zero attached hydrogens (tertiary/aromatic N) is 1. The summed E-state index contributed by atoms with van der Waals surface area (Å²) in [6.45, 7) is 0. The summed E-state index contributed by atoms with van der Waals surface area (Å²) in [5.74, 6) is -0.598. The van der Waals surface area contributed by atoms with Gasteiger partial charge in [0.05, 0.1) is 5.44 Å². The van der Waals surface area contributed by atoms with Gasteiger partial charge in [-0.3, -0.25) is 4.98 Å². The van der Waals surface area contributed by atoms with E-state index in [9.17, 15) is 8.78 Å². The van der Waals surface area contributed by atoms with Crippen molar-refractivity contribution in [3.8, 4) is 0 Å². The summed E-state index contributed by atoms with van der Waals surface area (Å²) >= 11 is 0. The predicted octanol–water partition coefficient (Wildman–Crippen LogP) is 3.12.